The Hall–Kier alpha value is -2.50. The van der Waals surface area contributed by atoms with Crippen LogP contribution in [0.1, 0.15) is 10.4 Å². The first-order chi connectivity index (χ1) is 9.90. The van der Waals surface area contributed by atoms with Gasteiger partial charge in [-0.05, 0) is 34.7 Å². The number of nitro benzene ring substituents is 1. The first kappa shape index (κ1) is 14.9. The van der Waals surface area contributed by atoms with Crippen LogP contribution in [0.3, 0.4) is 0 Å². The fourth-order valence-corrected chi connectivity index (χ4v) is 1.85. The van der Waals surface area contributed by atoms with Crippen LogP contribution in [-0.2, 0) is 0 Å². The lowest BCUT2D eigenvalue weighted by atomic mass is 10.2. The maximum Gasteiger partial charge on any atom is 0.312 e. The zero-order valence-electron chi connectivity index (χ0n) is 10.2. The van der Waals surface area contributed by atoms with Gasteiger partial charge in [0.25, 0.3) is 5.56 Å². The second-order valence-electron chi connectivity index (χ2n) is 3.76. The molecule has 1 aromatic heterocycles. The maximum atomic E-state index is 11.4. The average Bonchev–Trinajstić information content (AvgIpc) is 2.43. The Kier molecular flexibility index (Phi) is 4.16. The number of hydrogen-bond donors (Lipinski definition) is 2. The van der Waals surface area contributed by atoms with Gasteiger partial charge in [-0.2, -0.15) is 0 Å². The van der Waals surface area contributed by atoms with Crippen LogP contribution in [0.4, 0.5) is 5.69 Å². The van der Waals surface area contributed by atoms with Crippen molar-refractivity contribution in [3.63, 3.8) is 0 Å². The van der Waals surface area contributed by atoms with E-state index in [4.69, 9.17) is 10.5 Å². The molecule has 0 aliphatic carbocycles. The number of hydrogen-bond acceptors (Lipinski definition) is 6. The lowest BCUT2D eigenvalue weighted by Crippen LogP contribution is -2.12. The third-order valence-electron chi connectivity index (χ3n) is 2.41. The largest absolute Gasteiger partial charge is 0.430 e. The van der Waals surface area contributed by atoms with E-state index in [1.165, 1.54) is 12.1 Å². The standard InChI is InChI=1S/C11H7IN4O5/c12-8-10(18)14-4-15-11(8)21-7-2-1-5(9(13)17)3-6(7)16(19)20/h1-4H,(H2,13,17)(H,14,15,18). The number of aromatic amines is 1. The number of halogens is 1. The van der Waals surface area contributed by atoms with Crippen LogP contribution in [0, 0.1) is 13.7 Å². The van der Waals surface area contributed by atoms with Gasteiger partial charge in [0.15, 0.2) is 0 Å². The molecule has 10 heteroatoms. The van der Waals surface area contributed by atoms with E-state index in [2.05, 4.69) is 9.97 Å². The number of rotatable bonds is 4. The Morgan fingerprint density at radius 2 is 2.19 bits per heavy atom. The zero-order valence-corrected chi connectivity index (χ0v) is 12.4. The third kappa shape index (κ3) is 3.16. The molecule has 1 amide bonds. The average molecular weight is 402 g/mol. The van der Waals surface area contributed by atoms with Gasteiger partial charge >= 0.3 is 5.69 Å². The molecule has 21 heavy (non-hydrogen) atoms. The summed E-state index contributed by atoms with van der Waals surface area (Å²) in [6, 6.07) is 3.50. The van der Waals surface area contributed by atoms with Gasteiger partial charge in [-0.1, -0.05) is 0 Å². The third-order valence-corrected chi connectivity index (χ3v) is 3.36. The van der Waals surface area contributed by atoms with Gasteiger partial charge in [-0.3, -0.25) is 19.7 Å². The Balaban J connectivity index is 2.49. The second kappa shape index (κ2) is 5.87. The lowest BCUT2D eigenvalue weighted by molar-refractivity contribution is -0.385. The fourth-order valence-electron chi connectivity index (χ4n) is 1.44. The van der Waals surface area contributed by atoms with Gasteiger partial charge < -0.3 is 15.5 Å². The number of nitrogens with one attached hydrogen (secondary N) is 1. The van der Waals surface area contributed by atoms with Gasteiger partial charge in [0.05, 0.1) is 11.3 Å². The number of carbonyl (C=O) groups excluding carboxylic acids is 1. The minimum atomic E-state index is -0.798. The van der Waals surface area contributed by atoms with E-state index in [0.717, 1.165) is 12.4 Å². The molecule has 0 saturated heterocycles. The highest BCUT2D eigenvalue weighted by molar-refractivity contribution is 14.1. The summed E-state index contributed by atoms with van der Waals surface area (Å²) in [4.78, 5) is 38.9. The molecule has 1 aromatic carbocycles. The van der Waals surface area contributed by atoms with Crippen molar-refractivity contribution in [1.29, 1.82) is 0 Å². The number of aromatic nitrogens is 2. The Bertz CT molecular complexity index is 788. The van der Waals surface area contributed by atoms with Gasteiger partial charge in [0.2, 0.25) is 17.5 Å². The molecule has 2 rings (SSSR count). The van der Waals surface area contributed by atoms with E-state index < -0.39 is 22.1 Å². The van der Waals surface area contributed by atoms with E-state index in [-0.39, 0.29) is 20.8 Å². The summed E-state index contributed by atoms with van der Waals surface area (Å²) in [6.45, 7) is 0. The quantitative estimate of drug-likeness (QED) is 0.447. The fraction of sp³-hybridized carbons (Fsp3) is 0. The molecule has 2 aromatic rings. The predicted octanol–water partition coefficient (Wildman–Crippen LogP) is 1.17. The number of ether oxygens (including phenoxy) is 1. The molecular formula is C11H7IN4O5. The van der Waals surface area contributed by atoms with Crippen LogP contribution >= 0.6 is 22.6 Å². The van der Waals surface area contributed by atoms with Crippen molar-refractivity contribution in [2.75, 3.05) is 0 Å². The van der Waals surface area contributed by atoms with E-state index in [1.807, 2.05) is 0 Å². The first-order valence-corrected chi connectivity index (χ1v) is 6.47. The molecular weight excluding hydrogens is 395 g/mol. The number of carbonyl (C=O) groups is 1. The second-order valence-corrected chi connectivity index (χ2v) is 4.84. The highest BCUT2D eigenvalue weighted by Gasteiger charge is 2.20. The van der Waals surface area contributed by atoms with E-state index in [0.29, 0.717) is 0 Å². The van der Waals surface area contributed by atoms with E-state index in [9.17, 15) is 19.7 Å². The van der Waals surface area contributed by atoms with Crippen molar-refractivity contribution >= 4 is 34.2 Å². The SMILES string of the molecule is NC(=O)c1ccc(Oc2nc[nH]c(=O)c2I)c([N+](=O)[O-])c1. The Morgan fingerprint density at radius 1 is 1.48 bits per heavy atom. The molecule has 3 N–H and O–H groups in total. The minimum Gasteiger partial charge on any atom is -0.430 e. The summed E-state index contributed by atoms with van der Waals surface area (Å²) in [5, 5.41) is 11.0. The maximum absolute atomic E-state index is 11.4. The molecule has 0 radical (unpaired) electrons. The van der Waals surface area contributed by atoms with Crippen molar-refractivity contribution in [3.8, 4) is 11.6 Å². The number of primary amides is 1. The van der Waals surface area contributed by atoms with Crippen LogP contribution < -0.4 is 16.0 Å². The first-order valence-electron chi connectivity index (χ1n) is 5.39. The van der Waals surface area contributed by atoms with E-state index >= 15 is 0 Å². The molecule has 0 unspecified atom stereocenters. The van der Waals surface area contributed by atoms with Gasteiger partial charge in [-0.15, -0.1) is 0 Å². The van der Waals surface area contributed by atoms with E-state index in [1.54, 1.807) is 22.6 Å². The highest BCUT2D eigenvalue weighted by atomic mass is 127. The molecule has 0 aliphatic rings. The van der Waals surface area contributed by atoms with Crippen LogP contribution in [0.5, 0.6) is 11.6 Å². The number of H-pyrrole nitrogens is 1. The highest BCUT2D eigenvalue weighted by Crippen LogP contribution is 2.32. The molecule has 0 fully saturated rings. The molecule has 0 spiro atoms. The summed E-state index contributed by atoms with van der Waals surface area (Å²) in [5.41, 5.74) is 4.15. The minimum absolute atomic E-state index is 0.0254. The van der Waals surface area contributed by atoms with Crippen molar-refractivity contribution in [2.45, 2.75) is 0 Å². The lowest BCUT2D eigenvalue weighted by Gasteiger charge is -2.07. The molecule has 9 nitrogen and oxygen atoms in total. The summed E-state index contributed by atoms with van der Waals surface area (Å²) in [6.07, 6.45) is 1.11. The van der Waals surface area contributed by atoms with Crippen molar-refractivity contribution < 1.29 is 14.5 Å². The molecule has 0 aliphatic heterocycles. The Morgan fingerprint density at radius 3 is 2.81 bits per heavy atom. The summed E-state index contributed by atoms with van der Waals surface area (Å²) in [7, 11) is 0. The number of amides is 1. The summed E-state index contributed by atoms with van der Waals surface area (Å²) in [5.74, 6) is -1.02. The number of nitro groups is 1. The van der Waals surface area contributed by atoms with Crippen molar-refractivity contribution in [3.05, 3.63) is 54.1 Å². The molecule has 1 heterocycles. The monoisotopic (exact) mass is 402 g/mol. The van der Waals surface area contributed by atoms with Crippen molar-refractivity contribution in [2.24, 2.45) is 5.73 Å². The molecule has 0 bridgehead atoms. The summed E-state index contributed by atoms with van der Waals surface area (Å²) >= 11 is 1.70. The van der Waals surface area contributed by atoms with Crippen LogP contribution in [0.15, 0.2) is 29.3 Å². The van der Waals surface area contributed by atoms with Gasteiger partial charge in [-0.25, -0.2) is 4.98 Å². The normalized spacial score (nSPS) is 10.1. The van der Waals surface area contributed by atoms with Crippen LogP contribution in [0.2, 0.25) is 0 Å². The molecule has 108 valence electrons. The smallest absolute Gasteiger partial charge is 0.312 e. The van der Waals surface area contributed by atoms with Gasteiger partial charge in [0.1, 0.15) is 3.57 Å². The number of benzene rings is 1. The Labute approximate surface area is 130 Å². The van der Waals surface area contributed by atoms with Crippen molar-refractivity contribution in [1.82, 2.24) is 9.97 Å². The van der Waals surface area contributed by atoms with Crippen LogP contribution in [-0.4, -0.2) is 20.8 Å². The molecule has 0 atom stereocenters. The van der Waals surface area contributed by atoms with Crippen LogP contribution in [0.25, 0.3) is 0 Å². The molecule has 0 saturated carbocycles. The predicted molar refractivity (Wildman–Crippen MR) is 79.3 cm³/mol. The zero-order chi connectivity index (χ0) is 15.6. The van der Waals surface area contributed by atoms with Gasteiger partial charge in [0, 0.05) is 11.6 Å². The topological polar surface area (TPSA) is 141 Å². The summed E-state index contributed by atoms with van der Waals surface area (Å²) < 4.78 is 5.43. The number of nitrogens with zero attached hydrogens (tertiary/aromatic N) is 2. The number of nitrogens with two attached hydrogens (primary N) is 1.